The number of amides is 2. The molecule has 0 bridgehead atoms. The molecular weight excluding hydrogens is 254 g/mol. The van der Waals surface area contributed by atoms with Gasteiger partial charge >= 0.3 is 0 Å². The molecule has 0 spiro atoms. The Morgan fingerprint density at radius 2 is 2.00 bits per heavy atom. The van der Waals surface area contributed by atoms with E-state index in [0.29, 0.717) is 17.8 Å². The highest BCUT2D eigenvalue weighted by atomic mass is 16.2. The van der Waals surface area contributed by atoms with E-state index in [1.165, 1.54) is 6.92 Å². The molecule has 0 radical (unpaired) electrons. The summed E-state index contributed by atoms with van der Waals surface area (Å²) in [5.41, 5.74) is 3.05. The van der Waals surface area contributed by atoms with Crippen LogP contribution < -0.4 is 10.2 Å². The maximum atomic E-state index is 12.4. The van der Waals surface area contributed by atoms with E-state index in [1.807, 2.05) is 12.1 Å². The van der Waals surface area contributed by atoms with Gasteiger partial charge < -0.3 is 10.2 Å². The molecule has 2 heterocycles. The van der Waals surface area contributed by atoms with Gasteiger partial charge in [0.05, 0.1) is 6.54 Å². The average Bonchev–Trinajstić information content (AvgIpc) is 2.76. The van der Waals surface area contributed by atoms with E-state index in [9.17, 15) is 9.59 Å². The van der Waals surface area contributed by atoms with Crippen LogP contribution in [0.15, 0.2) is 42.7 Å². The minimum Gasteiger partial charge on any atom is -0.326 e. The zero-order chi connectivity index (χ0) is 14.1. The van der Waals surface area contributed by atoms with Crippen LogP contribution in [0.2, 0.25) is 0 Å². The Balaban J connectivity index is 1.93. The van der Waals surface area contributed by atoms with Crippen molar-refractivity contribution in [3.63, 3.8) is 0 Å². The van der Waals surface area contributed by atoms with Gasteiger partial charge in [-0.2, -0.15) is 0 Å². The quantitative estimate of drug-likeness (QED) is 0.907. The lowest BCUT2D eigenvalue weighted by Gasteiger charge is -2.14. The fraction of sp³-hybridized carbons (Fsp3) is 0.133. The fourth-order valence-corrected chi connectivity index (χ4v) is 2.31. The number of pyridine rings is 1. The molecular formula is C15H13N3O2. The molecule has 20 heavy (non-hydrogen) atoms. The summed E-state index contributed by atoms with van der Waals surface area (Å²) in [6.45, 7) is 1.98. The van der Waals surface area contributed by atoms with Crippen LogP contribution in [0.25, 0.3) is 0 Å². The van der Waals surface area contributed by atoms with Crippen LogP contribution >= 0.6 is 0 Å². The van der Waals surface area contributed by atoms with Crippen LogP contribution in [0.4, 0.5) is 11.4 Å². The minimum atomic E-state index is -0.151. The zero-order valence-electron chi connectivity index (χ0n) is 11.0. The summed E-state index contributed by atoms with van der Waals surface area (Å²) in [6, 6.07) is 9.01. The molecule has 1 N–H and O–H groups in total. The monoisotopic (exact) mass is 267 g/mol. The highest BCUT2D eigenvalue weighted by Crippen LogP contribution is 2.29. The Labute approximate surface area is 116 Å². The van der Waals surface area contributed by atoms with Crippen molar-refractivity contribution >= 4 is 23.2 Å². The van der Waals surface area contributed by atoms with Crippen molar-refractivity contribution in [2.45, 2.75) is 13.5 Å². The molecule has 2 aromatic rings. The molecule has 5 heteroatoms. The van der Waals surface area contributed by atoms with Crippen molar-refractivity contribution in [3.05, 3.63) is 53.9 Å². The molecule has 0 saturated heterocycles. The van der Waals surface area contributed by atoms with Crippen LogP contribution in [-0.2, 0) is 11.3 Å². The zero-order valence-corrected chi connectivity index (χ0v) is 11.0. The second-order valence-corrected chi connectivity index (χ2v) is 4.65. The van der Waals surface area contributed by atoms with Crippen molar-refractivity contribution in [3.8, 4) is 0 Å². The first-order valence-corrected chi connectivity index (χ1v) is 6.27. The summed E-state index contributed by atoms with van der Waals surface area (Å²) in [4.78, 5) is 29.1. The van der Waals surface area contributed by atoms with E-state index >= 15 is 0 Å². The van der Waals surface area contributed by atoms with E-state index in [4.69, 9.17) is 0 Å². The Kier molecular flexibility index (Phi) is 2.95. The topological polar surface area (TPSA) is 62.3 Å². The lowest BCUT2D eigenvalue weighted by atomic mass is 10.1. The third-order valence-corrected chi connectivity index (χ3v) is 3.21. The lowest BCUT2D eigenvalue weighted by molar-refractivity contribution is -0.114. The predicted molar refractivity (Wildman–Crippen MR) is 75.5 cm³/mol. The first kappa shape index (κ1) is 12.3. The van der Waals surface area contributed by atoms with Crippen LogP contribution in [0, 0.1) is 0 Å². The summed E-state index contributed by atoms with van der Waals surface area (Å²) >= 11 is 0. The van der Waals surface area contributed by atoms with E-state index in [0.717, 1.165) is 11.3 Å². The normalized spacial score (nSPS) is 13.2. The molecule has 1 aromatic carbocycles. The number of hydrogen-bond acceptors (Lipinski definition) is 3. The molecule has 1 aliphatic rings. The van der Waals surface area contributed by atoms with Gasteiger partial charge in [-0.05, 0) is 29.8 Å². The van der Waals surface area contributed by atoms with Crippen molar-refractivity contribution in [1.29, 1.82) is 0 Å². The maximum Gasteiger partial charge on any atom is 0.259 e. The molecule has 0 aliphatic carbocycles. The molecule has 3 rings (SSSR count). The van der Waals surface area contributed by atoms with E-state index < -0.39 is 0 Å². The highest BCUT2D eigenvalue weighted by molar-refractivity contribution is 6.10. The lowest BCUT2D eigenvalue weighted by Crippen LogP contribution is -2.22. The second-order valence-electron chi connectivity index (χ2n) is 4.65. The Bertz CT molecular complexity index is 683. The number of rotatable bonds is 2. The van der Waals surface area contributed by atoms with E-state index in [2.05, 4.69) is 10.3 Å². The summed E-state index contributed by atoms with van der Waals surface area (Å²) < 4.78 is 0. The van der Waals surface area contributed by atoms with Gasteiger partial charge in [0.2, 0.25) is 5.91 Å². The van der Waals surface area contributed by atoms with Crippen molar-refractivity contribution in [2.75, 3.05) is 10.2 Å². The van der Waals surface area contributed by atoms with Crippen molar-refractivity contribution in [1.82, 2.24) is 4.98 Å². The highest BCUT2D eigenvalue weighted by Gasteiger charge is 2.28. The first-order chi connectivity index (χ1) is 9.65. The van der Waals surface area contributed by atoms with Gasteiger partial charge in [-0.15, -0.1) is 0 Å². The third-order valence-electron chi connectivity index (χ3n) is 3.21. The van der Waals surface area contributed by atoms with Crippen LogP contribution in [0.3, 0.4) is 0 Å². The molecule has 0 saturated carbocycles. The van der Waals surface area contributed by atoms with Crippen molar-refractivity contribution in [2.24, 2.45) is 0 Å². The van der Waals surface area contributed by atoms with Gasteiger partial charge in [0.15, 0.2) is 0 Å². The van der Waals surface area contributed by atoms with E-state index in [-0.39, 0.29) is 11.8 Å². The molecule has 0 atom stereocenters. The Hall–Kier alpha value is -2.69. The summed E-state index contributed by atoms with van der Waals surface area (Å²) in [6.07, 6.45) is 3.32. The van der Waals surface area contributed by atoms with Gasteiger partial charge in [0.1, 0.15) is 0 Å². The number of carbonyl (C=O) groups excluding carboxylic acids is 2. The fourth-order valence-electron chi connectivity index (χ4n) is 2.31. The van der Waals surface area contributed by atoms with Crippen LogP contribution in [0.5, 0.6) is 0 Å². The number of anilines is 2. The number of benzene rings is 1. The molecule has 0 unspecified atom stereocenters. The summed E-state index contributed by atoms with van der Waals surface area (Å²) in [7, 11) is 0. The third kappa shape index (κ3) is 2.14. The smallest absolute Gasteiger partial charge is 0.259 e. The molecule has 2 amide bonds. The summed E-state index contributed by atoms with van der Waals surface area (Å²) in [5, 5.41) is 2.69. The predicted octanol–water partition coefficient (Wildman–Crippen LogP) is 2.20. The minimum absolute atomic E-state index is 0.0570. The van der Waals surface area contributed by atoms with Gasteiger partial charge in [0, 0.05) is 36.3 Å². The molecule has 5 nitrogen and oxygen atoms in total. The standard InChI is InChI=1S/C15H13N3O2/c1-10(19)17-12-3-2-11-9-18(15(20)14(11)8-12)13-4-6-16-7-5-13/h2-8H,9H2,1H3,(H,17,19). The number of carbonyl (C=O) groups is 2. The van der Waals surface area contributed by atoms with Crippen LogP contribution in [0.1, 0.15) is 22.8 Å². The van der Waals surface area contributed by atoms with Crippen molar-refractivity contribution < 1.29 is 9.59 Å². The number of hydrogen-bond donors (Lipinski definition) is 1. The molecule has 1 aromatic heterocycles. The largest absolute Gasteiger partial charge is 0.326 e. The van der Waals surface area contributed by atoms with Gasteiger partial charge in [-0.25, -0.2) is 0 Å². The van der Waals surface area contributed by atoms with Gasteiger partial charge in [-0.1, -0.05) is 6.07 Å². The second kappa shape index (κ2) is 4.77. The molecule has 100 valence electrons. The Morgan fingerprint density at radius 3 is 2.70 bits per heavy atom. The molecule has 0 fully saturated rings. The SMILES string of the molecule is CC(=O)Nc1ccc2c(c1)C(=O)N(c1ccncc1)C2. The maximum absolute atomic E-state index is 12.4. The number of fused-ring (bicyclic) bond motifs is 1. The first-order valence-electron chi connectivity index (χ1n) is 6.27. The number of nitrogens with one attached hydrogen (secondary N) is 1. The van der Waals surface area contributed by atoms with Crippen LogP contribution in [-0.4, -0.2) is 16.8 Å². The van der Waals surface area contributed by atoms with E-state index in [1.54, 1.807) is 35.5 Å². The Morgan fingerprint density at radius 1 is 1.25 bits per heavy atom. The van der Waals surface area contributed by atoms with Gasteiger partial charge in [-0.3, -0.25) is 14.6 Å². The summed E-state index contributed by atoms with van der Waals surface area (Å²) in [5.74, 6) is -0.209. The average molecular weight is 267 g/mol. The number of nitrogens with zero attached hydrogens (tertiary/aromatic N) is 2. The number of aromatic nitrogens is 1. The van der Waals surface area contributed by atoms with Gasteiger partial charge in [0.25, 0.3) is 5.91 Å². The molecule has 1 aliphatic heterocycles.